The highest BCUT2D eigenvalue weighted by molar-refractivity contribution is 5.23. The van der Waals surface area contributed by atoms with Crippen molar-refractivity contribution in [3.05, 3.63) is 29.6 Å². The zero-order valence-corrected chi connectivity index (χ0v) is 9.26. The zero-order valence-electron chi connectivity index (χ0n) is 9.26. The quantitative estimate of drug-likeness (QED) is 0.639. The van der Waals surface area contributed by atoms with Crippen LogP contribution in [-0.4, -0.2) is 4.98 Å². The molecule has 0 unspecified atom stereocenters. The molecule has 1 heterocycles. The van der Waals surface area contributed by atoms with Gasteiger partial charge in [0.05, 0.1) is 0 Å². The minimum Gasteiger partial charge on any atom is -0.261 e. The van der Waals surface area contributed by atoms with Crippen LogP contribution in [0.2, 0.25) is 0 Å². The van der Waals surface area contributed by atoms with Crippen molar-refractivity contribution in [2.24, 2.45) is 0 Å². The molecule has 0 aliphatic rings. The Morgan fingerprint density at radius 2 is 1.85 bits per heavy atom. The Hall–Kier alpha value is -0.850. The summed E-state index contributed by atoms with van der Waals surface area (Å²) < 4.78 is 0. The van der Waals surface area contributed by atoms with Crippen molar-refractivity contribution in [1.82, 2.24) is 4.98 Å². The molecule has 0 aliphatic carbocycles. The fourth-order valence-electron chi connectivity index (χ4n) is 1.22. The second kappa shape index (κ2) is 3.49. The highest BCUT2D eigenvalue weighted by Gasteiger charge is 2.15. The molecule has 0 fully saturated rings. The third-order valence-electron chi connectivity index (χ3n) is 2.22. The van der Waals surface area contributed by atoms with Crippen LogP contribution in [-0.2, 0) is 5.41 Å². The Morgan fingerprint density at radius 1 is 1.23 bits per heavy atom. The normalized spacial score (nSPS) is 12.2. The van der Waals surface area contributed by atoms with Gasteiger partial charge < -0.3 is 0 Å². The van der Waals surface area contributed by atoms with Crippen molar-refractivity contribution in [3.63, 3.8) is 0 Å². The van der Waals surface area contributed by atoms with Crippen LogP contribution in [0.3, 0.4) is 0 Å². The lowest BCUT2D eigenvalue weighted by atomic mass is 9.89. The molecular formula is C12H19N. The first-order valence-electron chi connectivity index (χ1n) is 4.87. The van der Waals surface area contributed by atoms with Gasteiger partial charge in [-0.2, -0.15) is 0 Å². The summed E-state index contributed by atoms with van der Waals surface area (Å²) in [7, 11) is 0. The van der Waals surface area contributed by atoms with Gasteiger partial charge in [0.25, 0.3) is 0 Å². The van der Waals surface area contributed by atoms with Crippen LogP contribution in [0, 0.1) is 0 Å². The summed E-state index contributed by atoms with van der Waals surface area (Å²) in [5, 5.41) is 0. The summed E-state index contributed by atoms with van der Waals surface area (Å²) in [5.41, 5.74) is 2.71. The molecule has 1 nitrogen and oxygen atoms in total. The summed E-state index contributed by atoms with van der Waals surface area (Å²) in [6, 6.07) is 4.31. The molecule has 1 aromatic rings. The lowest BCUT2D eigenvalue weighted by Crippen LogP contribution is -2.13. The topological polar surface area (TPSA) is 12.9 Å². The Labute approximate surface area is 81.2 Å². The van der Waals surface area contributed by atoms with E-state index in [4.69, 9.17) is 0 Å². The molecule has 1 rings (SSSR count). The largest absolute Gasteiger partial charge is 0.261 e. The molecule has 72 valence electrons. The van der Waals surface area contributed by atoms with E-state index < -0.39 is 0 Å². The molecule has 1 heteroatoms. The molecule has 0 N–H and O–H groups in total. The Morgan fingerprint density at radius 3 is 2.31 bits per heavy atom. The molecule has 1 aromatic heterocycles. The van der Waals surface area contributed by atoms with Crippen molar-refractivity contribution >= 4 is 0 Å². The van der Waals surface area contributed by atoms with Gasteiger partial charge >= 0.3 is 0 Å². The third kappa shape index (κ3) is 2.55. The van der Waals surface area contributed by atoms with Crippen LogP contribution in [0.15, 0.2) is 18.3 Å². The van der Waals surface area contributed by atoms with Gasteiger partial charge in [-0.15, -0.1) is 0 Å². The average Bonchev–Trinajstić information content (AvgIpc) is 2.03. The Bertz CT molecular complexity index is 281. The molecule has 0 atom stereocenters. The Balaban J connectivity index is 3.06. The van der Waals surface area contributed by atoms with Crippen LogP contribution < -0.4 is 0 Å². The van der Waals surface area contributed by atoms with Crippen molar-refractivity contribution in [2.75, 3.05) is 0 Å². The molecular weight excluding hydrogens is 158 g/mol. The van der Waals surface area contributed by atoms with Crippen molar-refractivity contribution < 1.29 is 0 Å². The van der Waals surface area contributed by atoms with E-state index in [9.17, 15) is 0 Å². The first-order chi connectivity index (χ1) is 5.91. The van der Waals surface area contributed by atoms with Crippen LogP contribution in [0.1, 0.15) is 51.8 Å². The molecule has 0 saturated carbocycles. The van der Waals surface area contributed by atoms with Crippen molar-refractivity contribution in [1.29, 1.82) is 0 Å². The third-order valence-corrected chi connectivity index (χ3v) is 2.22. The molecule has 0 aliphatic heterocycles. The number of hydrogen-bond acceptors (Lipinski definition) is 1. The first-order valence-corrected chi connectivity index (χ1v) is 4.87. The van der Waals surface area contributed by atoms with Crippen molar-refractivity contribution in [3.8, 4) is 0 Å². The number of hydrogen-bond donors (Lipinski definition) is 0. The SMILES string of the molecule is CC(C)c1ccnc(C(C)(C)C)c1. The van der Waals surface area contributed by atoms with Crippen LogP contribution in [0.4, 0.5) is 0 Å². The lowest BCUT2D eigenvalue weighted by molar-refractivity contribution is 0.567. The van der Waals surface area contributed by atoms with E-state index in [-0.39, 0.29) is 5.41 Å². The van der Waals surface area contributed by atoms with Crippen molar-refractivity contribution in [2.45, 2.75) is 46.0 Å². The monoisotopic (exact) mass is 177 g/mol. The second-order valence-corrected chi connectivity index (χ2v) is 4.88. The predicted octanol–water partition coefficient (Wildman–Crippen LogP) is 3.50. The molecule has 0 spiro atoms. The number of nitrogens with zero attached hydrogens (tertiary/aromatic N) is 1. The van der Waals surface area contributed by atoms with E-state index >= 15 is 0 Å². The van der Waals surface area contributed by atoms with Gasteiger partial charge in [-0.25, -0.2) is 0 Å². The van der Waals surface area contributed by atoms with Crippen LogP contribution >= 0.6 is 0 Å². The fourth-order valence-corrected chi connectivity index (χ4v) is 1.22. The summed E-state index contributed by atoms with van der Waals surface area (Å²) in [6.07, 6.45) is 1.91. The van der Waals surface area contributed by atoms with Crippen LogP contribution in [0.5, 0.6) is 0 Å². The van der Waals surface area contributed by atoms with Gasteiger partial charge in [0.1, 0.15) is 0 Å². The minimum absolute atomic E-state index is 0.158. The highest BCUT2D eigenvalue weighted by atomic mass is 14.7. The van der Waals surface area contributed by atoms with E-state index in [0.29, 0.717) is 5.92 Å². The smallest absolute Gasteiger partial charge is 0.0459 e. The fraction of sp³-hybridized carbons (Fsp3) is 0.583. The summed E-state index contributed by atoms with van der Waals surface area (Å²) >= 11 is 0. The number of pyridine rings is 1. The van der Waals surface area contributed by atoms with Gasteiger partial charge in [-0.05, 0) is 23.6 Å². The van der Waals surface area contributed by atoms with Gasteiger partial charge in [-0.3, -0.25) is 4.98 Å². The summed E-state index contributed by atoms with van der Waals surface area (Å²) in [4.78, 5) is 4.39. The zero-order chi connectivity index (χ0) is 10.1. The molecule has 0 bridgehead atoms. The summed E-state index contributed by atoms with van der Waals surface area (Å²) in [6.45, 7) is 11.0. The molecule has 0 radical (unpaired) electrons. The Kier molecular flexibility index (Phi) is 2.74. The highest BCUT2D eigenvalue weighted by Crippen LogP contribution is 2.23. The standard InChI is InChI=1S/C12H19N/c1-9(2)10-6-7-13-11(8-10)12(3,4)5/h6-9H,1-5H3. The maximum Gasteiger partial charge on any atom is 0.0459 e. The van der Waals surface area contributed by atoms with E-state index in [1.807, 2.05) is 6.20 Å². The molecule has 13 heavy (non-hydrogen) atoms. The molecule has 0 saturated heterocycles. The minimum atomic E-state index is 0.158. The van der Waals surface area contributed by atoms with Gasteiger partial charge in [0, 0.05) is 17.3 Å². The number of rotatable bonds is 1. The van der Waals surface area contributed by atoms with Gasteiger partial charge in [-0.1, -0.05) is 34.6 Å². The van der Waals surface area contributed by atoms with Gasteiger partial charge in [0.15, 0.2) is 0 Å². The number of aromatic nitrogens is 1. The van der Waals surface area contributed by atoms with Gasteiger partial charge in [0.2, 0.25) is 0 Å². The van der Waals surface area contributed by atoms with E-state index in [2.05, 4.69) is 51.7 Å². The van der Waals surface area contributed by atoms with Crippen LogP contribution in [0.25, 0.3) is 0 Å². The van der Waals surface area contributed by atoms with E-state index in [0.717, 1.165) is 0 Å². The van der Waals surface area contributed by atoms with E-state index in [1.54, 1.807) is 0 Å². The maximum atomic E-state index is 4.39. The second-order valence-electron chi connectivity index (χ2n) is 4.88. The summed E-state index contributed by atoms with van der Waals surface area (Å²) in [5.74, 6) is 0.587. The maximum absolute atomic E-state index is 4.39. The predicted molar refractivity (Wildman–Crippen MR) is 57.0 cm³/mol. The molecule has 0 amide bonds. The molecule has 0 aromatic carbocycles. The first kappa shape index (κ1) is 10.2. The lowest BCUT2D eigenvalue weighted by Gasteiger charge is -2.19. The average molecular weight is 177 g/mol. The van der Waals surface area contributed by atoms with E-state index in [1.165, 1.54) is 11.3 Å².